The molecule has 150 valence electrons. The maximum atomic E-state index is 12.8. The predicted octanol–water partition coefficient (Wildman–Crippen LogP) is 4.56. The molecule has 5 heteroatoms. The summed E-state index contributed by atoms with van der Waals surface area (Å²) in [7, 11) is 0. The molecular formula is C23H31N3O2. The molecule has 0 unspecified atom stereocenters. The zero-order chi connectivity index (χ0) is 19.9. The summed E-state index contributed by atoms with van der Waals surface area (Å²) in [6, 6.07) is 14.5. The molecule has 28 heavy (non-hydrogen) atoms. The Morgan fingerprint density at radius 1 is 0.929 bits per heavy atom. The second kappa shape index (κ2) is 9.49. The van der Waals surface area contributed by atoms with E-state index in [1.165, 1.54) is 16.8 Å². The second-order valence-corrected chi connectivity index (χ2v) is 6.99. The van der Waals surface area contributed by atoms with Gasteiger partial charge in [-0.1, -0.05) is 32.0 Å². The van der Waals surface area contributed by atoms with Crippen molar-refractivity contribution in [3.05, 3.63) is 53.6 Å². The summed E-state index contributed by atoms with van der Waals surface area (Å²) < 4.78 is 5.51. The molecule has 2 aromatic carbocycles. The molecule has 1 saturated heterocycles. The largest absolute Gasteiger partial charge is 0.494 e. The molecule has 1 aliphatic heterocycles. The van der Waals surface area contributed by atoms with Gasteiger partial charge in [0.15, 0.2) is 0 Å². The minimum Gasteiger partial charge on any atom is -0.494 e. The summed E-state index contributed by atoms with van der Waals surface area (Å²) in [4.78, 5) is 17.1. The number of para-hydroxylation sites is 1. The molecule has 1 aliphatic rings. The molecule has 0 radical (unpaired) electrons. The lowest BCUT2D eigenvalue weighted by atomic mass is 10.0. The van der Waals surface area contributed by atoms with E-state index >= 15 is 0 Å². The molecule has 2 aromatic rings. The zero-order valence-corrected chi connectivity index (χ0v) is 17.2. The Morgan fingerprint density at radius 2 is 1.54 bits per heavy atom. The zero-order valence-electron chi connectivity index (χ0n) is 17.2. The topological polar surface area (TPSA) is 44.8 Å². The van der Waals surface area contributed by atoms with E-state index in [1.54, 1.807) is 0 Å². The van der Waals surface area contributed by atoms with Crippen LogP contribution >= 0.6 is 0 Å². The van der Waals surface area contributed by atoms with Crippen molar-refractivity contribution in [2.45, 2.75) is 33.6 Å². The molecule has 0 saturated carbocycles. The number of amides is 2. The predicted molar refractivity (Wildman–Crippen MR) is 116 cm³/mol. The highest BCUT2D eigenvalue weighted by Crippen LogP contribution is 2.24. The van der Waals surface area contributed by atoms with Crippen LogP contribution < -0.4 is 15.0 Å². The van der Waals surface area contributed by atoms with E-state index < -0.39 is 0 Å². The van der Waals surface area contributed by atoms with Crippen LogP contribution in [0.1, 0.15) is 31.9 Å². The first-order chi connectivity index (χ1) is 13.7. The quantitative estimate of drug-likeness (QED) is 0.797. The minimum atomic E-state index is 0.00180. The van der Waals surface area contributed by atoms with Crippen molar-refractivity contribution in [2.75, 3.05) is 43.0 Å². The standard InChI is InChI=1S/C23H31N3O2/c1-4-18-8-7-9-19(5-2)22(18)24-23(27)26-16-14-25(15-17-26)20-10-12-21(13-11-20)28-6-3/h7-13H,4-6,14-17H2,1-3H3,(H,24,27). The van der Waals surface area contributed by atoms with Crippen molar-refractivity contribution < 1.29 is 9.53 Å². The van der Waals surface area contributed by atoms with Gasteiger partial charge in [0.05, 0.1) is 6.61 Å². The summed E-state index contributed by atoms with van der Waals surface area (Å²) >= 11 is 0. The van der Waals surface area contributed by atoms with Crippen molar-refractivity contribution in [3.63, 3.8) is 0 Å². The molecule has 0 bridgehead atoms. The summed E-state index contributed by atoms with van der Waals surface area (Å²) in [5.74, 6) is 0.894. The third kappa shape index (κ3) is 4.58. The number of hydrogen-bond acceptors (Lipinski definition) is 3. The Hall–Kier alpha value is -2.69. The molecule has 3 rings (SSSR count). The van der Waals surface area contributed by atoms with Crippen molar-refractivity contribution in [1.82, 2.24) is 4.90 Å². The second-order valence-electron chi connectivity index (χ2n) is 6.99. The SMILES string of the molecule is CCOc1ccc(N2CCN(C(=O)Nc3c(CC)cccc3CC)CC2)cc1. The molecule has 2 amide bonds. The fraction of sp³-hybridized carbons (Fsp3) is 0.435. The first-order valence-corrected chi connectivity index (χ1v) is 10.3. The summed E-state index contributed by atoms with van der Waals surface area (Å²) in [5.41, 5.74) is 4.56. The number of aryl methyl sites for hydroxylation is 2. The number of ether oxygens (including phenoxy) is 1. The van der Waals surface area contributed by atoms with E-state index in [2.05, 4.69) is 54.4 Å². The number of piperazine rings is 1. The van der Waals surface area contributed by atoms with Crippen LogP contribution in [0.5, 0.6) is 5.75 Å². The lowest BCUT2D eigenvalue weighted by molar-refractivity contribution is 0.208. The monoisotopic (exact) mass is 381 g/mol. The fourth-order valence-corrected chi connectivity index (χ4v) is 3.68. The van der Waals surface area contributed by atoms with Crippen molar-refractivity contribution in [2.24, 2.45) is 0 Å². The molecule has 1 fully saturated rings. The number of rotatable bonds is 6. The van der Waals surface area contributed by atoms with Crippen LogP contribution in [0.25, 0.3) is 0 Å². The summed E-state index contributed by atoms with van der Waals surface area (Å²) in [6.07, 6.45) is 1.82. The number of benzene rings is 2. The maximum Gasteiger partial charge on any atom is 0.321 e. The van der Waals surface area contributed by atoms with E-state index in [0.717, 1.165) is 50.5 Å². The van der Waals surface area contributed by atoms with Gasteiger partial charge in [-0.2, -0.15) is 0 Å². The van der Waals surface area contributed by atoms with Gasteiger partial charge in [0, 0.05) is 37.6 Å². The Balaban J connectivity index is 1.60. The van der Waals surface area contributed by atoms with Crippen LogP contribution in [0.4, 0.5) is 16.2 Å². The highest BCUT2D eigenvalue weighted by Gasteiger charge is 2.22. The molecule has 0 atom stereocenters. The van der Waals surface area contributed by atoms with E-state index in [-0.39, 0.29) is 6.03 Å². The van der Waals surface area contributed by atoms with E-state index in [0.29, 0.717) is 6.61 Å². The first-order valence-electron chi connectivity index (χ1n) is 10.3. The van der Waals surface area contributed by atoms with Gasteiger partial charge in [-0.05, 0) is 55.2 Å². The lowest BCUT2D eigenvalue weighted by Gasteiger charge is -2.36. The third-order valence-electron chi connectivity index (χ3n) is 5.31. The summed E-state index contributed by atoms with van der Waals surface area (Å²) in [5, 5.41) is 3.18. The van der Waals surface area contributed by atoms with Gasteiger partial charge in [0.2, 0.25) is 0 Å². The fourth-order valence-electron chi connectivity index (χ4n) is 3.68. The van der Waals surface area contributed by atoms with Crippen LogP contribution in [-0.2, 0) is 12.8 Å². The van der Waals surface area contributed by atoms with Gasteiger partial charge in [0.25, 0.3) is 0 Å². The number of anilines is 2. The van der Waals surface area contributed by atoms with Crippen LogP contribution in [0, 0.1) is 0 Å². The van der Waals surface area contributed by atoms with Gasteiger partial charge in [0.1, 0.15) is 5.75 Å². The van der Waals surface area contributed by atoms with Crippen LogP contribution in [0.3, 0.4) is 0 Å². The van der Waals surface area contributed by atoms with Crippen molar-refractivity contribution in [3.8, 4) is 5.75 Å². The number of nitrogens with zero attached hydrogens (tertiary/aromatic N) is 2. The van der Waals surface area contributed by atoms with Gasteiger partial charge in [-0.3, -0.25) is 0 Å². The highest BCUT2D eigenvalue weighted by atomic mass is 16.5. The van der Waals surface area contributed by atoms with Crippen LogP contribution in [0.2, 0.25) is 0 Å². The average Bonchev–Trinajstić information content (AvgIpc) is 2.74. The molecule has 1 N–H and O–H groups in total. The summed E-state index contributed by atoms with van der Waals surface area (Å²) in [6.45, 7) is 10.0. The third-order valence-corrected chi connectivity index (χ3v) is 5.31. The number of hydrogen-bond donors (Lipinski definition) is 1. The van der Waals surface area contributed by atoms with Gasteiger partial charge >= 0.3 is 6.03 Å². The smallest absolute Gasteiger partial charge is 0.321 e. The molecule has 0 spiro atoms. The molecule has 0 aromatic heterocycles. The Morgan fingerprint density at radius 3 is 2.07 bits per heavy atom. The van der Waals surface area contributed by atoms with Crippen molar-refractivity contribution >= 4 is 17.4 Å². The number of carbonyl (C=O) groups is 1. The van der Waals surface area contributed by atoms with E-state index in [4.69, 9.17) is 4.74 Å². The Kier molecular flexibility index (Phi) is 6.80. The minimum absolute atomic E-state index is 0.00180. The van der Waals surface area contributed by atoms with E-state index in [9.17, 15) is 4.79 Å². The Labute approximate surface area is 168 Å². The lowest BCUT2D eigenvalue weighted by Crippen LogP contribution is -2.50. The van der Waals surface area contributed by atoms with Crippen LogP contribution in [0.15, 0.2) is 42.5 Å². The molecule has 5 nitrogen and oxygen atoms in total. The maximum absolute atomic E-state index is 12.8. The van der Waals surface area contributed by atoms with E-state index in [1.807, 2.05) is 24.0 Å². The van der Waals surface area contributed by atoms with Crippen molar-refractivity contribution in [1.29, 1.82) is 0 Å². The Bertz CT molecular complexity index is 759. The molecular weight excluding hydrogens is 350 g/mol. The number of carbonyl (C=O) groups excluding carboxylic acids is 1. The normalized spacial score (nSPS) is 14.1. The van der Waals surface area contributed by atoms with Gasteiger partial charge in [-0.15, -0.1) is 0 Å². The first kappa shape index (κ1) is 20.1. The number of nitrogens with one attached hydrogen (secondary N) is 1. The number of urea groups is 1. The van der Waals surface area contributed by atoms with Gasteiger partial charge < -0.3 is 19.9 Å². The van der Waals surface area contributed by atoms with Gasteiger partial charge in [-0.25, -0.2) is 4.79 Å². The highest BCUT2D eigenvalue weighted by molar-refractivity contribution is 5.91. The molecule has 1 heterocycles. The average molecular weight is 382 g/mol. The molecule has 0 aliphatic carbocycles. The van der Waals surface area contributed by atoms with Crippen LogP contribution in [-0.4, -0.2) is 43.7 Å².